The molecule has 0 spiro atoms. The van der Waals surface area contributed by atoms with E-state index in [1.165, 1.54) is 38.8 Å². The van der Waals surface area contributed by atoms with Crippen molar-refractivity contribution in [2.75, 3.05) is 26.2 Å². The Bertz CT molecular complexity index is 1770. The fraction of sp³-hybridized carbons (Fsp3) is 0.324. The van der Waals surface area contributed by atoms with E-state index < -0.39 is 0 Å². The summed E-state index contributed by atoms with van der Waals surface area (Å²) in [5, 5.41) is 4.45. The summed E-state index contributed by atoms with van der Waals surface area (Å²) in [7, 11) is 0. The molecule has 0 atom stereocenters. The molecule has 0 aliphatic rings. The van der Waals surface area contributed by atoms with Crippen molar-refractivity contribution in [3.63, 3.8) is 0 Å². The number of hydrogen-bond donors (Lipinski definition) is 0. The average molecular weight is 667 g/mol. The van der Waals surface area contributed by atoms with Gasteiger partial charge in [-0.05, 0) is 75.1 Å². The second kappa shape index (κ2) is 14.2. The van der Waals surface area contributed by atoms with E-state index in [-0.39, 0.29) is 5.91 Å². The van der Waals surface area contributed by atoms with Crippen LogP contribution in [0, 0.1) is 13.8 Å². The fourth-order valence-corrected chi connectivity index (χ4v) is 8.18. The summed E-state index contributed by atoms with van der Waals surface area (Å²) in [6.45, 7) is 14.3. The lowest BCUT2D eigenvalue weighted by Crippen LogP contribution is -2.47. The van der Waals surface area contributed by atoms with E-state index >= 15 is 0 Å². The van der Waals surface area contributed by atoms with Crippen molar-refractivity contribution in [3.05, 3.63) is 115 Å². The van der Waals surface area contributed by atoms with Crippen LogP contribution in [0.4, 0.5) is 0 Å². The minimum absolute atomic E-state index is 0.0569. The van der Waals surface area contributed by atoms with Gasteiger partial charge in [-0.1, -0.05) is 101 Å². The Hall–Kier alpha value is -2.60. The number of halogens is 3. The zero-order valence-corrected chi connectivity index (χ0v) is 29.0. The van der Waals surface area contributed by atoms with Crippen LogP contribution in [0.3, 0.4) is 0 Å². The van der Waals surface area contributed by atoms with Gasteiger partial charge in [0.15, 0.2) is 0 Å². The molecule has 0 aliphatic carbocycles. The molecular formula is C37H40Cl3N2OS+. The van der Waals surface area contributed by atoms with Crippen molar-refractivity contribution < 1.29 is 9.28 Å². The molecule has 1 aromatic heterocycles. The second-order valence-electron chi connectivity index (χ2n) is 12.0. The SMILES string of the molecule is CC[N+](CC)(CCCCN(Cc1ccc2ccccc2c1)C(=O)c1sc2cc(Cl)c(Cl)cc2c1Cl)Cc1cc(C)cc(C)c1. The van der Waals surface area contributed by atoms with Crippen molar-refractivity contribution in [2.24, 2.45) is 0 Å². The molecule has 230 valence electrons. The summed E-state index contributed by atoms with van der Waals surface area (Å²) in [5.41, 5.74) is 5.14. The van der Waals surface area contributed by atoms with E-state index in [2.05, 4.69) is 76.2 Å². The molecule has 0 fully saturated rings. The lowest BCUT2D eigenvalue weighted by molar-refractivity contribution is -0.938. The maximum Gasteiger partial charge on any atom is 0.265 e. The van der Waals surface area contributed by atoms with Crippen LogP contribution in [0.25, 0.3) is 20.9 Å². The first-order chi connectivity index (χ1) is 21.1. The quantitative estimate of drug-likeness (QED) is 0.0958. The molecule has 0 bridgehead atoms. The van der Waals surface area contributed by atoms with Crippen LogP contribution < -0.4 is 0 Å². The lowest BCUT2D eigenvalue weighted by atomic mass is 10.1. The number of aryl methyl sites for hydroxylation is 2. The molecule has 7 heteroatoms. The topological polar surface area (TPSA) is 20.3 Å². The molecule has 44 heavy (non-hydrogen) atoms. The van der Waals surface area contributed by atoms with Crippen molar-refractivity contribution in [3.8, 4) is 0 Å². The monoisotopic (exact) mass is 665 g/mol. The zero-order valence-electron chi connectivity index (χ0n) is 25.9. The normalized spacial score (nSPS) is 11.9. The van der Waals surface area contributed by atoms with Gasteiger partial charge in [0.25, 0.3) is 5.91 Å². The third-order valence-corrected chi connectivity index (χ3v) is 11.2. The highest BCUT2D eigenvalue weighted by Gasteiger charge is 2.26. The molecule has 5 rings (SSSR count). The first kappa shape index (κ1) is 32.8. The molecule has 0 saturated heterocycles. The van der Waals surface area contributed by atoms with Gasteiger partial charge in [0.2, 0.25) is 0 Å². The standard InChI is InChI=1S/C37H40Cl3N2OS/c1-5-42(6-2,24-28-18-25(3)17-26(4)19-28)16-10-9-15-41(23-27-13-14-29-11-7-8-12-30(29)20-27)37(43)36-35(40)31-21-32(38)33(39)22-34(31)44-36/h7-8,11-14,17-22H,5-6,9-10,15-16,23-24H2,1-4H3/q+1. The van der Waals surface area contributed by atoms with E-state index in [9.17, 15) is 4.79 Å². The Morgan fingerprint density at radius 1 is 0.795 bits per heavy atom. The highest BCUT2D eigenvalue weighted by Crippen LogP contribution is 2.40. The number of benzene rings is 4. The van der Waals surface area contributed by atoms with Crippen LogP contribution in [-0.2, 0) is 13.1 Å². The van der Waals surface area contributed by atoms with Crippen LogP contribution in [0.5, 0.6) is 0 Å². The Morgan fingerprint density at radius 2 is 1.48 bits per heavy atom. The smallest absolute Gasteiger partial charge is 0.265 e. The average Bonchev–Trinajstić information content (AvgIpc) is 3.31. The maximum absolute atomic E-state index is 14.2. The summed E-state index contributed by atoms with van der Waals surface area (Å²) in [5.74, 6) is -0.0569. The van der Waals surface area contributed by atoms with Crippen molar-refractivity contribution in [1.82, 2.24) is 4.90 Å². The Kier molecular flexibility index (Phi) is 10.6. The highest BCUT2D eigenvalue weighted by atomic mass is 35.5. The molecule has 0 saturated carbocycles. The molecular weight excluding hydrogens is 627 g/mol. The third kappa shape index (κ3) is 7.43. The zero-order chi connectivity index (χ0) is 31.4. The Labute approximate surface area is 280 Å². The second-order valence-corrected chi connectivity index (χ2v) is 14.2. The number of carbonyl (C=O) groups is 1. The first-order valence-corrected chi connectivity index (χ1v) is 17.3. The number of carbonyl (C=O) groups excluding carboxylic acids is 1. The Balaban J connectivity index is 1.36. The van der Waals surface area contributed by atoms with Gasteiger partial charge in [0.05, 0.1) is 34.7 Å². The van der Waals surface area contributed by atoms with Gasteiger partial charge in [-0.3, -0.25) is 4.79 Å². The molecule has 5 aromatic rings. The fourth-order valence-electron chi connectivity index (χ4n) is 6.29. The first-order valence-electron chi connectivity index (χ1n) is 15.4. The Morgan fingerprint density at radius 3 is 2.18 bits per heavy atom. The van der Waals surface area contributed by atoms with E-state index in [1.807, 2.05) is 17.0 Å². The van der Waals surface area contributed by atoms with Gasteiger partial charge in [-0.25, -0.2) is 0 Å². The number of rotatable bonds is 12. The predicted octanol–water partition coefficient (Wildman–Crippen LogP) is 11.1. The number of hydrogen-bond acceptors (Lipinski definition) is 2. The van der Waals surface area contributed by atoms with E-state index in [0.29, 0.717) is 33.0 Å². The summed E-state index contributed by atoms with van der Waals surface area (Å²) in [4.78, 5) is 16.7. The lowest BCUT2D eigenvalue weighted by Gasteiger charge is -2.37. The molecule has 0 aliphatic heterocycles. The number of fused-ring (bicyclic) bond motifs is 2. The number of nitrogens with zero attached hydrogens (tertiary/aromatic N) is 2. The predicted molar refractivity (Wildman–Crippen MR) is 191 cm³/mol. The van der Waals surface area contributed by atoms with Crippen LogP contribution >= 0.6 is 46.1 Å². The molecule has 1 heterocycles. The number of thiophene rings is 1. The molecule has 0 radical (unpaired) electrons. The van der Waals surface area contributed by atoms with Crippen molar-refractivity contribution >= 4 is 72.9 Å². The van der Waals surface area contributed by atoms with Crippen LogP contribution in [0.2, 0.25) is 15.1 Å². The van der Waals surface area contributed by atoms with Gasteiger partial charge in [-0.2, -0.15) is 0 Å². The molecule has 0 unspecified atom stereocenters. The molecule has 1 amide bonds. The number of amides is 1. The van der Waals surface area contributed by atoms with Crippen LogP contribution in [0.15, 0.2) is 72.8 Å². The van der Waals surface area contributed by atoms with E-state index in [0.717, 1.165) is 59.2 Å². The number of quaternary nitrogens is 1. The van der Waals surface area contributed by atoms with Crippen LogP contribution in [0.1, 0.15) is 58.6 Å². The van der Waals surface area contributed by atoms with Gasteiger partial charge in [0, 0.05) is 28.7 Å². The minimum Gasteiger partial charge on any atom is -0.334 e. The van der Waals surface area contributed by atoms with E-state index in [1.54, 1.807) is 12.1 Å². The largest absolute Gasteiger partial charge is 0.334 e. The molecule has 0 N–H and O–H groups in total. The minimum atomic E-state index is -0.0569. The van der Waals surface area contributed by atoms with Crippen molar-refractivity contribution in [2.45, 2.75) is 53.6 Å². The maximum atomic E-state index is 14.2. The number of unbranched alkanes of at least 4 members (excludes halogenated alkanes) is 1. The van der Waals surface area contributed by atoms with Crippen molar-refractivity contribution in [1.29, 1.82) is 0 Å². The summed E-state index contributed by atoms with van der Waals surface area (Å²) >= 11 is 20.8. The summed E-state index contributed by atoms with van der Waals surface area (Å²) in [6, 6.07) is 25.2. The van der Waals surface area contributed by atoms with Gasteiger partial charge in [0.1, 0.15) is 11.4 Å². The van der Waals surface area contributed by atoms with Gasteiger partial charge < -0.3 is 9.38 Å². The van der Waals surface area contributed by atoms with Gasteiger partial charge >= 0.3 is 0 Å². The van der Waals surface area contributed by atoms with E-state index in [4.69, 9.17) is 34.8 Å². The summed E-state index contributed by atoms with van der Waals surface area (Å²) < 4.78 is 1.89. The highest BCUT2D eigenvalue weighted by molar-refractivity contribution is 7.21. The summed E-state index contributed by atoms with van der Waals surface area (Å²) in [6.07, 6.45) is 1.94. The molecule has 3 nitrogen and oxygen atoms in total. The molecule has 4 aromatic carbocycles. The third-order valence-electron chi connectivity index (χ3n) is 8.79. The van der Waals surface area contributed by atoms with Gasteiger partial charge in [-0.15, -0.1) is 11.3 Å². The van der Waals surface area contributed by atoms with Crippen LogP contribution in [-0.4, -0.2) is 41.5 Å².